The van der Waals surface area contributed by atoms with E-state index >= 15 is 0 Å². The van der Waals surface area contributed by atoms with Gasteiger partial charge in [0.1, 0.15) is 11.8 Å². The van der Waals surface area contributed by atoms with Crippen LogP contribution in [0.5, 0.6) is 5.75 Å². The highest BCUT2D eigenvalue weighted by Gasteiger charge is 2.29. The van der Waals surface area contributed by atoms with Crippen LogP contribution in [0.15, 0.2) is 18.2 Å². The first-order valence-corrected chi connectivity index (χ1v) is 6.77. The highest BCUT2D eigenvalue weighted by atomic mass is 16.5. The van der Waals surface area contributed by atoms with Crippen LogP contribution < -0.4 is 15.4 Å². The molecule has 2 rings (SSSR count). The molecule has 20 heavy (non-hydrogen) atoms. The molecule has 1 unspecified atom stereocenters. The van der Waals surface area contributed by atoms with E-state index in [-0.39, 0.29) is 17.6 Å². The van der Waals surface area contributed by atoms with Gasteiger partial charge < -0.3 is 20.1 Å². The maximum Gasteiger partial charge on any atom is 0.246 e. The highest BCUT2D eigenvalue weighted by molar-refractivity contribution is 6.02. The lowest BCUT2D eigenvalue weighted by Crippen LogP contribution is -2.25. The minimum Gasteiger partial charge on any atom is -0.493 e. The Morgan fingerprint density at radius 1 is 1.40 bits per heavy atom. The standard InChI is InChI=1S/C15H22N2O3/c1-15(2,19-4)7-8-20-10-5-6-11-12(9-10)17-14(18)13(11)16-3/h5-6,9,13,16H,7-8H2,1-4H3,(H,17,18). The van der Waals surface area contributed by atoms with Gasteiger partial charge in [-0.2, -0.15) is 0 Å². The van der Waals surface area contributed by atoms with E-state index < -0.39 is 0 Å². The molecule has 0 aliphatic carbocycles. The number of nitrogens with one attached hydrogen (secondary N) is 2. The zero-order valence-corrected chi connectivity index (χ0v) is 12.4. The Morgan fingerprint density at radius 2 is 2.15 bits per heavy atom. The fourth-order valence-electron chi connectivity index (χ4n) is 2.13. The Bertz CT molecular complexity index is 500. The number of likely N-dealkylation sites (N-methyl/N-ethyl adjacent to an activating group) is 1. The molecule has 5 nitrogen and oxygen atoms in total. The van der Waals surface area contributed by atoms with Crippen molar-refractivity contribution in [3.05, 3.63) is 23.8 Å². The van der Waals surface area contributed by atoms with E-state index in [1.807, 2.05) is 32.0 Å². The molecule has 1 aromatic rings. The van der Waals surface area contributed by atoms with Gasteiger partial charge in [0.05, 0.1) is 12.2 Å². The molecular formula is C15H22N2O3. The van der Waals surface area contributed by atoms with Gasteiger partial charge in [0.25, 0.3) is 0 Å². The predicted molar refractivity (Wildman–Crippen MR) is 78.1 cm³/mol. The number of fused-ring (bicyclic) bond motifs is 1. The second-order valence-electron chi connectivity index (χ2n) is 5.52. The molecule has 110 valence electrons. The summed E-state index contributed by atoms with van der Waals surface area (Å²) in [6.07, 6.45) is 0.798. The topological polar surface area (TPSA) is 59.6 Å². The summed E-state index contributed by atoms with van der Waals surface area (Å²) in [6.45, 7) is 4.62. The van der Waals surface area contributed by atoms with Gasteiger partial charge in [-0.15, -0.1) is 0 Å². The average molecular weight is 278 g/mol. The first kappa shape index (κ1) is 14.8. The number of hydrogen-bond donors (Lipinski definition) is 2. The molecule has 1 aromatic carbocycles. The van der Waals surface area contributed by atoms with E-state index in [9.17, 15) is 4.79 Å². The number of hydrogen-bond acceptors (Lipinski definition) is 4. The second kappa shape index (κ2) is 5.81. The lowest BCUT2D eigenvalue weighted by molar-refractivity contribution is -0.117. The third-order valence-electron chi connectivity index (χ3n) is 3.67. The van der Waals surface area contributed by atoms with E-state index in [1.165, 1.54) is 0 Å². The van der Waals surface area contributed by atoms with Crippen molar-refractivity contribution in [2.24, 2.45) is 0 Å². The van der Waals surface area contributed by atoms with Gasteiger partial charge in [-0.05, 0) is 27.0 Å². The van der Waals surface area contributed by atoms with Gasteiger partial charge >= 0.3 is 0 Å². The van der Waals surface area contributed by atoms with E-state index in [2.05, 4.69) is 10.6 Å². The van der Waals surface area contributed by atoms with Crippen LogP contribution in [0.3, 0.4) is 0 Å². The van der Waals surface area contributed by atoms with Gasteiger partial charge in [0, 0.05) is 30.8 Å². The molecule has 0 bridgehead atoms. The van der Waals surface area contributed by atoms with Crippen LogP contribution in [0.4, 0.5) is 5.69 Å². The third-order valence-corrected chi connectivity index (χ3v) is 3.67. The number of ether oxygens (including phenoxy) is 2. The van der Waals surface area contributed by atoms with Gasteiger partial charge in [0.2, 0.25) is 5.91 Å². The van der Waals surface area contributed by atoms with Crippen LogP contribution in [-0.4, -0.2) is 32.3 Å². The average Bonchev–Trinajstić information content (AvgIpc) is 2.73. The Kier molecular flexibility index (Phi) is 4.30. The smallest absolute Gasteiger partial charge is 0.246 e. The first-order chi connectivity index (χ1) is 9.46. The molecule has 0 aromatic heterocycles. The SMILES string of the molecule is CNC1C(=O)Nc2cc(OCCC(C)(C)OC)ccc21. The fraction of sp³-hybridized carbons (Fsp3) is 0.533. The van der Waals surface area contributed by atoms with Crippen molar-refractivity contribution in [3.8, 4) is 5.75 Å². The fourth-order valence-corrected chi connectivity index (χ4v) is 2.13. The van der Waals surface area contributed by atoms with Gasteiger partial charge in [-0.1, -0.05) is 6.07 Å². The van der Waals surface area contributed by atoms with Crippen molar-refractivity contribution in [2.75, 3.05) is 26.1 Å². The minimum atomic E-state index is -0.272. The van der Waals surface area contributed by atoms with Gasteiger partial charge in [-0.25, -0.2) is 0 Å². The van der Waals surface area contributed by atoms with E-state index in [1.54, 1.807) is 14.2 Å². The highest BCUT2D eigenvalue weighted by Crippen LogP contribution is 2.33. The number of anilines is 1. The predicted octanol–water partition coefficient (Wildman–Crippen LogP) is 2.09. The molecule has 0 spiro atoms. The van der Waals surface area contributed by atoms with Crippen molar-refractivity contribution >= 4 is 11.6 Å². The summed E-state index contributed by atoms with van der Waals surface area (Å²) in [4.78, 5) is 11.7. The molecule has 5 heteroatoms. The number of methoxy groups -OCH3 is 1. The number of carbonyl (C=O) groups is 1. The molecule has 1 heterocycles. The summed E-state index contributed by atoms with van der Waals surface area (Å²) in [6, 6.07) is 5.41. The molecule has 0 fully saturated rings. The van der Waals surface area contributed by atoms with Crippen LogP contribution in [-0.2, 0) is 9.53 Å². The second-order valence-corrected chi connectivity index (χ2v) is 5.52. The number of rotatable bonds is 6. The maximum absolute atomic E-state index is 11.7. The van der Waals surface area contributed by atoms with E-state index in [0.29, 0.717) is 6.61 Å². The van der Waals surface area contributed by atoms with Crippen molar-refractivity contribution in [3.63, 3.8) is 0 Å². The minimum absolute atomic E-state index is 0.0276. The Labute approximate surface area is 119 Å². The van der Waals surface area contributed by atoms with Crippen LogP contribution in [0.1, 0.15) is 31.9 Å². The Hall–Kier alpha value is -1.59. The normalized spacial score (nSPS) is 17.8. The number of amides is 1. The number of benzene rings is 1. The van der Waals surface area contributed by atoms with Crippen molar-refractivity contribution in [2.45, 2.75) is 31.9 Å². The molecule has 1 aliphatic rings. The Balaban J connectivity index is 1.99. The van der Waals surface area contributed by atoms with Crippen molar-refractivity contribution in [1.82, 2.24) is 5.32 Å². The summed E-state index contributed by atoms with van der Waals surface area (Å²) in [5.41, 5.74) is 1.59. The van der Waals surface area contributed by atoms with E-state index in [0.717, 1.165) is 23.4 Å². The zero-order valence-electron chi connectivity index (χ0n) is 12.4. The van der Waals surface area contributed by atoms with Gasteiger partial charge in [-0.3, -0.25) is 4.79 Å². The molecule has 0 radical (unpaired) electrons. The van der Waals surface area contributed by atoms with Crippen LogP contribution >= 0.6 is 0 Å². The quantitative estimate of drug-likeness (QED) is 0.836. The summed E-state index contributed by atoms with van der Waals surface area (Å²) in [7, 11) is 3.47. The van der Waals surface area contributed by atoms with Crippen molar-refractivity contribution in [1.29, 1.82) is 0 Å². The Morgan fingerprint density at radius 3 is 2.80 bits per heavy atom. The molecular weight excluding hydrogens is 256 g/mol. The summed E-state index contributed by atoms with van der Waals surface area (Å²) >= 11 is 0. The first-order valence-electron chi connectivity index (χ1n) is 6.77. The monoisotopic (exact) mass is 278 g/mol. The lowest BCUT2D eigenvalue weighted by atomic mass is 10.1. The zero-order chi connectivity index (χ0) is 14.8. The van der Waals surface area contributed by atoms with Crippen LogP contribution in [0.2, 0.25) is 0 Å². The third kappa shape index (κ3) is 3.11. The lowest BCUT2D eigenvalue weighted by Gasteiger charge is -2.22. The molecule has 0 saturated carbocycles. The molecule has 1 amide bonds. The molecule has 2 N–H and O–H groups in total. The van der Waals surface area contributed by atoms with Crippen LogP contribution in [0.25, 0.3) is 0 Å². The summed E-state index contributed by atoms with van der Waals surface area (Å²) in [5, 5.41) is 5.84. The summed E-state index contributed by atoms with van der Waals surface area (Å²) < 4.78 is 11.1. The molecule has 1 aliphatic heterocycles. The van der Waals surface area contributed by atoms with E-state index in [4.69, 9.17) is 9.47 Å². The van der Waals surface area contributed by atoms with Crippen LogP contribution in [0, 0.1) is 0 Å². The largest absolute Gasteiger partial charge is 0.493 e. The molecule has 0 saturated heterocycles. The van der Waals surface area contributed by atoms with Crippen molar-refractivity contribution < 1.29 is 14.3 Å². The van der Waals surface area contributed by atoms with Gasteiger partial charge in [0.15, 0.2) is 0 Å². The maximum atomic E-state index is 11.7. The number of carbonyl (C=O) groups excluding carboxylic acids is 1. The summed E-state index contributed by atoms with van der Waals surface area (Å²) in [5.74, 6) is 0.730. The molecule has 1 atom stereocenters.